The average Bonchev–Trinajstić information content (AvgIpc) is 3.17. The summed E-state index contributed by atoms with van der Waals surface area (Å²) in [7, 11) is 1.33. The Morgan fingerprint density at radius 2 is 1.88 bits per heavy atom. The van der Waals surface area contributed by atoms with Crippen LogP contribution in [-0.2, 0) is 19.0 Å². The van der Waals surface area contributed by atoms with Gasteiger partial charge in [-0.2, -0.15) is 23.0 Å². The highest BCUT2D eigenvalue weighted by atomic mass is 35.5. The van der Waals surface area contributed by atoms with Crippen molar-refractivity contribution in [2.75, 3.05) is 7.11 Å². The maximum Gasteiger partial charge on any atom is 0.417 e. The van der Waals surface area contributed by atoms with Gasteiger partial charge >= 0.3 is 12.1 Å². The summed E-state index contributed by atoms with van der Waals surface area (Å²) in [6, 6.07) is 7.58. The number of carbonyl (C=O) groups excluding carboxylic acids is 1. The first-order valence-electron chi connectivity index (χ1n) is 10.1. The van der Waals surface area contributed by atoms with Gasteiger partial charge in [0.1, 0.15) is 11.3 Å². The molecule has 6 nitrogen and oxygen atoms in total. The number of fused-ring (bicyclic) bond motifs is 1. The summed E-state index contributed by atoms with van der Waals surface area (Å²) in [6.07, 6.45) is -2.16. The number of ether oxygens (including phenoxy) is 1. The van der Waals surface area contributed by atoms with E-state index in [1.54, 1.807) is 0 Å². The van der Waals surface area contributed by atoms with Gasteiger partial charge in [-0.15, -0.1) is 0 Å². The molecule has 0 saturated heterocycles. The molecule has 1 aromatic heterocycles. The van der Waals surface area contributed by atoms with Gasteiger partial charge in [-0.1, -0.05) is 23.7 Å². The maximum atomic E-state index is 13.6. The van der Waals surface area contributed by atoms with Crippen LogP contribution in [0.2, 0.25) is 5.02 Å². The largest absolute Gasteiger partial charge is 0.496 e. The van der Waals surface area contributed by atoms with Crippen LogP contribution in [0.3, 0.4) is 0 Å². The van der Waals surface area contributed by atoms with E-state index in [1.165, 1.54) is 31.4 Å². The molecule has 0 spiro atoms. The summed E-state index contributed by atoms with van der Waals surface area (Å²) in [5, 5.41) is 13.4. The fraction of sp³-hybridized carbons (Fsp3) is 0.261. The summed E-state index contributed by atoms with van der Waals surface area (Å²) < 4.78 is 47.0. The Balaban J connectivity index is 1.89. The van der Waals surface area contributed by atoms with Crippen molar-refractivity contribution in [3.63, 3.8) is 0 Å². The standard InChI is InChI=1S/C23H18ClF3N2O4/c1-33-18-11-12(9-10-14(18)22(31)32)20-13-5-2-3-8-17(13)29(28-20)21(30)19-15(23(25,26)27)6-4-7-16(19)24/h4,6-7,9-11H,2-3,5,8H2,1H3,(H,31,32). The Morgan fingerprint density at radius 1 is 1.15 bits per heavy atom. The number of halogens is 4. The van der Waals surface area contributed by atoms with Gasteiger partial charge in [-0.25, -0.2) is 4.79 Å². The minimum Gasteiger partial charge on any atom is -0.496 e. The van der Waals surface area contributed by atoms with Crippen LogP contribution in [0, 0.1) is 0 Å². The normalized spacial score (nSPS) is 13.5. The molecule has 1 N–H and O–H groups in total. The number of carboxylic acid groups (broad SMARTS) is 1. The van der Waals surface area contributed by atoms with Crippen LogP contribution in [-0.4, -0.2) is 33.9 Å². The van der Waals surface area contributed by atoms with Crippen molar-refractivity contribution in [2.24, 2.45) is 0 Å². The molecule has 0 saturated carbocycles. The first-order chi connectivity index (χ1) is 15.6. The van der Waals surface area contributed by atoms with Crippen molar-refractivity contribution in [1.29, 1.82) is 0 Å². The van der Waals surface area contributed by atoms with Gasteiger partial charge < -0.3 is 9.84 Å². The Kier molecular flexibility index (Phi) is 5.92. The Morgan fingerprint density at radius 3 is 2.55 bits per heavy atom. The Hall–Kier alpha value is -3.33. The molecule has 0 amide bonds. The average molecular weight is 479 g/mol. The fourth-order valence-electron chi connectivity index (χ4n) is 4.10. The van der Waals surface area contributed by atoms with Crippen molar-refractivity contribution < 1.29 is 32.6 Å². The van der Waals surface area contributed by atoms with Crippen molar-refractivity contribution in [1.82, 2.24) is 9.78 Å². The number of carboxylic acids is 1. The number of alkyl halides is 3. The number of carbonyl (C=O) groups is 2. The molecule has 172 valence electrons. The third-order valence-electron chi connectivity index (χ3n) is 5.61. The minimum absolute atomic E-state index is 0.0449. The summed E-state index contributed by atoms with van der Waals surface area (Å²) in [6.45, 7) is 0. The molecule has 10 heteroatoms. The van der Waals surface area contributed by atoms with Gasteiger partial charge in [-0.3, -0.25) is 4.79 Å². The van der Waals surface area contributed by atoms with Gasteiger partial charge in [0.15, 0.2) is 0 Å². The Bertz CT molecular complexity index is 1270. The molecule has 0 aliphatic heterocycles. The molecule has 0 fully saturated rings. The third kappa shape index (κ3) is 4.08. The zero-order valence-electron chi connectivity index (χ0n) is 17.4. The van der Waals surface area contributed by atoms with E-state index < -0.39 is 29.2 Å². The van der Waals surface area contributed by atoms with Crippen LogP contribution in [0.25, 0.3) is 11.3 Å². The molecule has 2 aromatic carbocycles. The van der Waals surface area contributed by atoms with Crippen LogP contribution in [0.1, 0.15) is 50.4 Å². The van der Waals surface area contributed by atoms with E-state index in [2.05, 4.69) is 5.10 Å². The van der Waals surface area contributed by atoms with E-state index in [0.717, 1.165) is 35.2 Å². The van der Waals surface area contributed by atoms with E-state index in [1.807, 2.05) is 0 Å². The highest BCUT2D eigenvalue weighted by Gasteiger charge is 2.38. The zero-order valence-corrected chi connectivity index (χ0v) is 18.1. The number of benzene rings is 2. The number of nitrogens with zero attached hydrogens (tertiary/aromatic N) is 2. The lowest BCUT2D eigenvalue weighted by Gasteiger charge is -2.16. The molecule has 0 atom stereocenters. The maximum absolute atomic E-state index is 13.6. The molecule has 3 aromatic rings. The highest BCUT2D eigenvalue weighted by Crippen LogP contribution is 2.38. The van der Waals surface area contributed by atoms with Crippen LogP contribution >= 0.6 is 11.6 Å². The first kappa shape index (κ1) is 22.8. The van der Waals surface area contributed by atoms with Crippen molar-refractivity contribution in [3.05, 3.63) is 69.4 Å². The molecule has 1 heterocycles. The lowest BCUT2D eigenvalue weighted by atomic mass is 9.93. The van der Waals surface area contributed by atoms with Gasteiger partial charge in [0.05, 0.1) is 34.6 Å². The van der Waals surface area contributed by atoms with E-state index in [0.29, 0.717) is 29.8 Å². The Labute approximate surface area is 191 Å². The van der Waals surface area contributed by atoms with Gasteiger partial charge in [0, 0.05) is 11.1 Å². The molecule has 33 heavy (non-hydrogen) atoms. The quantitative estimate of drug-likeness (QED) is 0.535. The van der Waals surface area contributed by atoms with Crippen LogP contribution in [0.15, 0.2) is 36.4 Å². The molecular formula is C23H18ClF3N2O4. The lowest BCUT2D eigenvalue weighted by molar-refractivity contribution is -0.137. The predicted molar refractivity (Wildman–Crippen MR) is 114 cm³/mol. The monoisotopic (exact) mass is 478 g/mol. The SMILES string of the molecule is COc1cc(-c2nn(C(=O)c3c(Cl)cccc3C(F)(F)F)c3c2CCCC3)ccc1C(=O)O. The number of hydrogen-bond acceptors (Lipinski definition) is 4. The summed E-state index contributed by atoms with van der Waals surface area (Å²) in [4.78, 5) is 24.7. The van der Waals surface area contributed by atoms with Crippen molar-refractivity contribution >= 4 is 23.5 Å². The van der Waals surface area contributed by atoms with E-state index in [9.17, 15) is 27.9 Å². The minimum atomic E-state index is -4.77. The molecule has 0 unspecified atom stereocenters. The van der Waals surface area contributed by atoms with Crippen molar-refractivity contribution in [2.45, 2.75) is 31.9 Å². The molecule has 0 radical (unpaired) electrons. The molecular weight excluding hydrogens is 461 g/mol. The van der Waals surface area contributed by atoms with E-state index in [4.69, 9.17) is 16.3 Å². The lowest BCUT2D eigenvalue weighted by Crippen LogP contribution is -2.22. The number of hydrogen-bond donors (Lipinski definition) is 1. The van der Waals surface area contributed by atoms with Crippen LogP contribution in [0.4, 0.5) is 13.2 Å². The second-order valence-corrected chi connectivity index (χ2v) is 7.99. The van der Waals surface area contributed by atoms with Gasteiger partial charge in [-0.05, 0) is 49.9 Å². The molecule has 1 aliphatic rings. The predicted octanol–water partition coefficient (Wildman–Crippen LogP) is 5.50. The number of methoxy groups -OCH3 is 1. The number of rotatable bonds is 4. The van der Waals surface area contributed by atoms with Crippen molar-refractivity contribution in [3.8, 4) is 17.0 Å². The van der Waals surface area contributed by atoms with Crippen LogP contribution in [0.5, 0.6) is 5.75 Å². The second-order valence-electron chi connectivity index (χ2n) is 7.58. The summed E-state index contributed by atoms with van der Waals surface area (Å²) >= 11 is 6.04. The second kappa shape index (κ2) is 8.55. The van der Waals surface area contributed by atoms with E-state index in [-0.39, 0.29) is 16.3 Å². The number of aromatic carboxylic acids is 1. The fourth-order valence-corrected chi connectivity index (χ4v) is 4.35. The van der Waals surface area contributed by atoms with Gasteiger partial charge in [0.25, 0.3) is 5.91 Å². The summed E-state index contributed by atoms with van der Waals surface area (Å²) in [5.41, 5.74) is 0.320. The van der Waals surface area contributed by atoms with Gasteiger partial charge in [0.2, 0.25) is 0 Å². The van der Waals surface area contributed by atoms with Crippen LogP contribution < -0.4 is 4.74 Å². The van der Waals surface area contributed by atoms with E-state index >= 15 is 0 Å². The smallest absolute Gasteiger partial charge is 0.417 e. The topological polar surface area (TPSA) is 81.4 Å². The third-order valence-corrected chi connectivity index (χ3v) is 5.93. The first-order valence-corrected chi connectivity index (χ1v) is 10.4. The zero-order chi connectivity index (χ0) is 23.9. The number of aromatic nitrogens is 2. The highest BCUT2D eigenvalue weighted by molar-refractivity contribution is 6.34. The molecule has 1 aliphatic carbocycles. The molecule has 0 bridgehead atoms. The summed E-state index contributed by atoms with van der Waals surface area (Å²) in [5.74, 6) is -2.03. The molecule has 4 rings (SSSR count).